The number of aliphatic hydroxyl groups is 1. The highest BCUT2D eigenvalue weighted by Crippen LogP contribution is 2.37. The summed E-state index contributed by atoms with van der Waals surface area (Å²) >= 11 is 9.12. The SMILES string of the molecule is C[C@@H](O)c1ccc(Oc2ccc(Cl)cc2Br)c([N+](=O)[O-])c1. The standard InChI is InChI=1S/C14H11BrClNO4/c1-8(18)9-2-4-14(12(6-9)17(19)20)21-13-5-3-10(16)7-11(13)15/h2-8,18H,1H3/t8-/m1/s1. The van der Waals surface area contributed by atoms with Gasteiger partial charge in [-0.1, -0.05) is 17.7 Å². The molecule has 0 saturated heterocycles. The van der Waals surface area contributed by atoms with Crippen molar-refractivity contribution >= 4 is 33.2 Å². The molecule has 0 aliphatic heterocycles. The third-order valence-electron chi connectivity index (χ3n) is 2.78. The van der Waals surface area contributed by atoms with Gasteiger partial charge in [0.15, 0.2) is 0 Å². The molecule has 0 amide bonds. The number of benzene rings is 2. The molecule has 2 aromatic carbocycles. The van der Waals surface area contributed by atoms with E-state index in [2.05, 4.69) is 15.9 Å². The Kier molecular flexibility index (Phi) is 4.82. The smallest absolute Gasteiger partial charge is 0.311 e. The van der Waals surface area contributed by atoms with Crippen LogP contribution in [0.5, 0.6) is 11.5 Å². The fraction of sp³-hybridized carbons (Fsp3) is 0.143. The summed E-state index contributed by atoms with van der Waals surface area (Å²) < 4.78 is 6.15. The molecule has 0 fully saturated rings. The molecule has 2 aromatic rings. The Bertz CT molecular complexity index is 691. The summed E-state index contributed by atoms with van der Waals surface area (Å²) in [7, 11) is 0. The Morgan fingerprint density at radius 2 is 1.95 bits per heavy atom. The summed E-state index contributed by atoms with van der Waals surface area (Å²) in [5.74, 6) is 0.500. The van der Waals surface area contributed by atoms with Crippen molar-refractivity contribution in [2.75, 3.05) is 0 Å². The number of nitro benzene ring substituents is 1. The average Bonchev–Trinajstić information content (AvgIpc) is 2.41. The number of rotatable bonds is 4. The zero-order valence-electron chi connectivity index (χ0n) is 10.9. The van der Waals surface area contributed by atoms with Gasteiger partial charge >= 0.3 is 5.69 Å². The van der Waals surface area contributed by atoms with E-state index in [-0.39, 0.29) is 11.4 Å². The molecule has 2 rings (SSSR count). The van der Waals surface area contributed by atoms with E-state index < -0.39 is 11.0 Å². The molecule has 0 bridgehead atoms. The van der Waals surface area contributed by atoms with Crippen molar-refractivity contribution in [1.82, 2.24) is 0 Å². The van der Waals surface area contributed by atoms with Crippen molar-refractivity contribution < 1.29 is 14.8 Å². The van der Waals surface area contributed by atoms with Crippen LogP contribution in [0.1, 0.15) is 18.6 Å². The average molecular weight is 373 g/mol. The zero-order valence-corrected chi connectivity index (χ0v) is 13.3. The maximum Gasteiger partial charge on any atom is 0.311 e. The molecule has 7 heteroatoms. The molecule has 0 heterocycles. The second-order valence-corrected chi connectivity index (χ2v) is 5.63. The van der Waals surface area contributed by atoms with Gasteiger partial charge in [-0.15, -0.1) is 0 Å². The van der Waals surface area contributed by atoms with Gasteiger partial charge in [0.1, 0.15) is 5.75 Å². The molecule has 0 spiro atoms. The lowest BCUT2D eigenvalue weighted by Crippen LogP contribution is -1.97. The van der Waals surface area contributed by atoms with Crippen molar-refractivity contribution in [3.8, 4) is 11.5 Å². The molecule has 0 aliphatic rings. The Labute approximate surface area is 134 Å². The molecule has 0 saturated carbocycles. The normalized spacial score (nSPS) is 12.0. The third-order valence-corrected chi connectivity index (χ3v) is 3.63. The Morgan fingerprint density at radius 3 is 2.52 bits per heavy atom. The first-order chi connectivity index (χ1) is 9.88. The van der Waals surface area contributed by atoms with Crippen LogP contribution in [0.4, 0.5) is 5.69 Å². The Morgan fingerprint density at radius 1 is 1.29 bits per heavy atom. The van der Waals surface area contributed by atoms with Gasteiger partial charge in [-0.25, -0.2) is 0 Å². The number of hydrogen-bond donors (Lipinski definition) is 1. The van der Waals surface area contributed by atoms with Gasteiger partial charge in [-0.2, -0.15) is 0 Å². The van der Waals surface area contributed by atoms with Crippen molar-refractivity contribution in [3.05, 3.63) is 61.6 Å². The lowest BCUT2D eigenvalue weighted by Gasteiger charge is -2.10. The molecule has 110 valence electrons. The van der Waals surface area contributed by atoms with Crippen LogP contribution in [-0.4, -0.2) is 10.0 Å². The molecule has 1 atom stereocenters. The summed E-state index contributed by atoms with van der Waals surface area (Å²) in [5.41, 5.74) is 0.236. The molecule has 21 heavy (non-hydrogen) atoms. The number of hydrogen-bond acceptors (Lipinski definition) is 4. The summed E-state index contributed by atoms with van der Waals surface area (Å²) in [4.78, 5) is 10.6. The van der Waals surface area contributed by atoms with E-state index in [1.165, 1.54) is 19.1 Å². The monoisotopic (exact) mass is 371 g/mol. The summed E-state index contributed by atoms with van der Waals surface area (Å²) in [6.07, 6.45) is -0.792. The fourth-order valence-electron chi connectivity index (χ4n) is 1.70. The number of halogens is 2. The predicted octanol–water partition coefficient (Wildman–Crippen LogP) is 4.86. The molecule has 0 aliphatic carbocycles. The minimum Gasteiger partial charge on any atom is -0.449 e. The summed E-state index contributed by atoms with van der Waals surface area (Å²) in [6.45, 7) is 1.54. The van der Waals surface area contributed by atoms with Gasteiger partial charge in [0.2, 0.25) is 5.75 Å². The lowest BCUT2D eigenvalue weighted by atomic mass is 10.1. The van der Waals surface area contributed by atoms with E-state index in [4.69, 9.17) is 16.3 Å². The lowest BCUT2D eigenvalue weighted by molar-refractivity contribution is -0.385. The second-order valence-electron chi connectivity index (χ2n) is 4.34. The van der Waals surface area contributed by atoms with Gasteiger partial charge in [0.05, 0.1) is 15.5 Å². The molecular formula is C14H11BrClNO4. The van der Waals surface area contributed by atoms with E-state index in [1.54, 1.807) is 24.3 Å². The van der Waals surface area contributed by atoms with Gasteiger partial charge in [-0.05, 0) is 52.7 Å². The topological polar surface area (TPSA) is 72.6 Å². The van der Waals surface area contributed by atoms with Crippen LogP contribution in [-0.2, 0) is 0 Å². The maximum absolute atomic E-state index is 11.1. The van der Waals surface area contributed by atoms with Crippen LogP contribution in [0.15, 0.2) is 40.9 Å². The Hall–Kier alpha value is -1.63. The first-order valence-corrected chi connectivity index (χ1v) is 7.15. The van der Waals surface area contributed by atoms with Crippen LogP contribution < -0.4 is 4.74 Å². The van der Waals surface area contributed by atoms with Crippen LogP contribution in [0.2, 0.25) is 5.02 Å². The minimum atomic E-state index is -0.792. The number of aliphatic hydroxyl groups excluding tert-OH is 1. The highest BCUT2D eigenvalue weighted by molar-refractivity contribution is 9.10. The van der Waals surface area contributed by atoms with Gasteiger partial charge < -0.3 is 9.84 Å². The summed E-state index contributed by atoms with van der Waals surface area (Å²) in [5, 5.41) is 21.2. The predicted molar refractivity (Wildman–Crippen MR) is 83.0 cm³/mol. The fourth-order valence-corrected chi connectivity index (χ4v) is 2.46. The molecule has 0 unspecified atom stereocenters. The zero-order chi connectivity index (χ0) is 15.6. The highest BCUT2D eigenvalue weighted by atomic mass is 79.9. The van der Waals surface area contributed by atoms with Crippen LogP contribution in [0.3, 0.4) is 0 Å². The Balaban J connectivity index is 2.41. The largest absolute Gasteiger partial charge is 0.449 e. The van der Waals surface area contributed by atoms with Gasteiger partial charge in [0, 0.05) is 11.1 Å². The summed E-state index contributed by atoms with van der Waals surface area (Å²) in [6, 6.07) is 9.20. The molecule has 0 radical (unpaired) electrons. The molecule has 0 aromatic heterocycles. The van der Waals surface area contributed by atoms with Crippen molar-refractivity contribution in [2.45, 2.75) is 13.0 Å². The van der Waals surface area contributed by atoms with Crippen LogP contribution in [0, 0.1) is 10.1 Å². The van der Waals surface area contributed by atoms with E-state index >= 15 is 0 Å². The molecule has 1 N–H and O–H groups in total. The molecular weight excluding hydrogens is 362 g/mol. The van der Waals surface area contributed by atoms with E-state index in [1.807, 2.05) is 0 Å². The second kappa shape index (κ2) is 6.43. The van der Waals surface area contributed by atoms with Crippen molar-refractivity contribution in [2.24, 2.45) is 0 Å². The maximum atomic E-state index is 11.1. The first kappa shape index (κ1) is 15.8. The van der Waals surface area contributed by atoms with Crippen LogP contribution >= 0.6 is 27.5 Å². The van der Waals surface area contributed by atoms with E-state index in [0.717, 1.165) is 0 Å². The highest BCUT2D eigenvalue weighted by Gasteiger charge is 2.19. The molecule has 5 nitrogen and oxygen atoms in total. The van der Waals surface area contributed by atoms with E-state index in [0.29, 0.717) is 20.8 Å². The van der Waals surface area contributed by atoms with Gasteiger partial charge in [0.25, 0.3) is 0 Å². The number of nitrogens with zero attached hydrogens (tertiary/aromatic N) is 1. The minimum absolute atomic E-state index is 0.0902. The van der Waals surface area contributed by atoms with Crippen LogP contribution in [0.25, 0.3) is 0 Å². The number of nitro groups is 1. The number of ether oxygens (including phenoxy) is 1. The van der Waals surface area contributed by atoms with Crippen molar-refractivity contribution in [1.29, 1.82) is 0 Å². The first-order valence-electron chi connectivity index (χ1n) is 5.98. The quantitative estimate of drug-likeness (QED) is 0.614. The third kappa shape index (κ3) is 3.72. The van der Waals surface area contributed by atoms with E-state index in [9.17, 15) is 15.2 Å². The van der Waals surface area contributed by atoms with Gasteiger partial charge in [-0.3, -0.25) is 10.1 Å². The van der Waals surface area contributed by atoms with Crippen molar-refractivity contribution in [3.63, 3.8) is 0 Å².